The molecular weight excluding hydrogens is 352 g/mol. The molecule has 1 rings (SSSR count). The number of carbonyl (C=O) groups excluding carboxylic acids is 2. The molecule has 0 aliphatic carbocycles. The van der Waals surface area contributed by atoms with Crippen molar-refractivity contribution >= 4 is 17.8 Å². The Hall–Kier alpha value is -2.45. The number of nitrogens with two attached hydrogens (primary N) is 1. The highest BCUT2D eigenvalue weighted by molar-refractivity contribution is 6.02. The number of carboxylic acids is 1. The van der Waals surface area contributed by atoms with Crippen LogP contribution in [0.4, 0.5) is 0 Å². The van der Waals surface area contributed by atoms with Gasteiger partial charge >= 0.3 is 11.9 Å². The van der Waals surface area contributed by atoms with Crippen LogP contribution in [0, 0.1) is 5.41 Å². The summed E-state index contributed by atoms with van der Waals surface area (Å²) in [7, 11) is 0. The third kappa shape index (κ3) is 6.65. The number of amides is 1. The van der Waals surface area contributed by atoms with Gasteiger partial charge in [-0.1, -0.05) is 30.3 Å². The van der Waals surface area contributed by atoms with Crippen LogP contribution >= 0.6 is 0 Å². The second-order valence-electron chi connectivity index (χ2n) is 7.69. The molecule has 0 heterocycles. The van der Waals surface area contributed by atoms with Crippen molar-refractivity contribution in [3.63, 3.8) is 0 Å². The van der Waals surface area contributed by atoms with E-state index in [4.69, 9.17) is 15.3 Å². The van der Waals surface area contributed by atoms with Crippen LogP contribution < -0.4 is 5.84 Å². The van der Waals surface area contributed by atoms with Gasteiger partial charge in [0.2, 0.25) is 0 Å². The van der Waals surface area contributed by atoms with Gasteiger partial charge in [-0.05, 0) is 40.2 Å². The molecule has 0 bridgehead atoms. The summed E-state index contributed by atoms with van der Waals surface area (Å²) >= 11 is 0. The molecule has 8 nitrogen and oxygen atoms in total. The number of nitrogens with zero attached hydrogens (tertiary/aromatic N) is 1. The summed E-state index contributed by atoms with van der Waals surface area (Å²) in [6.45, 7) is 7.54. The van der Waals surface area contributed by atoms with Gasteiger partial charge in [0.1, 0.15) is 11.0 Å². The maximum atomic E-state index is 12.7. The summed E-state index contributed by atoms with van der Waals surface area (Å²) in [5.74, 6) is 2.76. The summed E-state index contributed by atoms with van der Waals surface area (Å²) in [6, 6.07) is 7.72. The van der Waals surface area contributed by atoms with Gasteiger partial charge < -0.3 is 14.6 Å². The molecule has 1 aromatic carbocycles. The molecule has 1 aromatic rings. The Kier molecular flexibility index (Phi) is 7.50. The molecule has 8 heteroatoms. The molecule has 1 amide bonds. The molecule has 0 saturated carbocycles. The van der Waals surface area contributed by atoms with Gasteiger partial charge in [-0.3, -0.25) is 14.6 Å². The second-order valence-corrected chi connectivity index (χ2v) is 7.69. The second kappa shape index (κ2) is 8.96. The monoisotopic (exact) mass is 380 g/mol. The quantitative estimate of drug-likeness (QED) is 0.232. The van der Waals surface area contributed by atoms with E-state index >= 15 is 0 Å². The van der Waals surface area contributed by atoms with Crippen LogP contribution in [0.1, 0.15) is 40.2 Å². The van der Waals surface area contributed by atoms with Gasteiger partial charge in [0, 0.05) is 0 Å². The standard InChI is InChI=1S/C19H28N2O6/c1-18(2,3)27-17(25)19(4,5)16(24)21(20)14(15(22)23)12-26-11-13-9-7-6-8-10-13/h6-10,14H,11-12,20H2,1-5H3,(H,22,23). The lowest BCUT2D eigenvalue weighted by Crippen LogP contribution is -2.57. The van der Waals surface area contributed by atoms with Crippen LogP contribution in [0.25, 0.3) is 0 Å². The summed E-state index contributed by atoms with van der Waals surface area (Å²) in [5.41, 5.74) is -1.58. The van der Waals surface area contributed by atoms with Crippen LogP contribution in [-0.4, -0.2) is 46.2 Å². The minimum atomic E-state index is -1.64. The molecule has 1 atom stereocenters. The Labute approximate surface area is 159 Å². The van der Waals surface area contributed by atoms with Gasteiger partial charge in [-0.15, -0.1) is 0 Å². The largest absolute Gasteiger partial charge is 0.480 e. The molecule has 0 aliphatic heterocycles. The van der Waals surface area contributed by atoms with E-state index in [1.54, 1.807) is 20.8 Å². The summed E-state index contributed by atoms with van der Waals surface area (Å²) in [6.07, 6.45) is 0. The Morgan fingerprint density at radius 2 is 1.67 bits per heavy atom. The van der Waals surface area contributed by atoms with Gasteiger partial charge in [0.05, 0.1) is 13.2 Å². The minimum absolute atomic E-state index is 0.169. The first-order valence-electron chi connectivity index (χ1n) is 8.52. The minimum Gasteiger partial charge on any atom is -0.480 e. The zero-order valence-electron chi connectivity index (χ0n) is 16.4. The van der Waals surface area contributed by atoms with Crippen LogP contribution in [0.15, 0.2) is 30.3 Å². The van der Waals surface area contributed by atoms with Crippen molar-refractivity contribution in [1.29, 1.82) is 0 Å². The fourth-order valence-corrected chi connectivity index (χ4v) is 2.09. The zero-order chi connectivity index (χ0) is 20.8. The molecule has 0 radical (unpaired) electrons. The number of carboxylic acid groups (broad SMARTS) is 1. The van der Waals surface area contributed by atoms with Crippen LogP contribution in [-0.2, 0) is 30.5 Å². The highest BCUT2D eigenvalue weighted by Gasteiger charge is 2.44. The SMILES string of the molecule is CC(C)(C)OC(=O)C(C)(C)C(=O)N(N)C(COCc1ccccc1)C(=O)O. The molecule has 0 aromatic heterocycles. The Bertz CT molecular complexity index is 667. The van der Waals surface area contributed by atoms with E-state index < -0.39 is 34.9 Å². The summed E-state index contributed by atoms with van der Waals surface area (Å²) in [5, 5.41) is 9.94. The molecule has 0 saturated heterocycles. The highest BCUT2D eigenvalue weighted by Crippen LogP contribution is 2.24. The number of hydrogen-bond donors (Lipinski definition) is 2. The van der Waals surface area contributed by atoms with E-state index in [1.807, 2.05) is 30.3 Å². The summed E-state index contributed by atoms with van der Waals surface area (Å²) < 4.78 is 10.6. The zero-order valence-corrected chi connectivity index (χ0v) is 16.4. The Morgan fingerprint density at radius 1 is 1.11 bits per heavy atom. The predicted octanol–water partition coefficient (Wildman–Crippen LogP) is 1.73. The molecular formula is C19H28N2O6. The van der Waals surface area contributed by atoms with E-state index in [9.17, 15) is 19.5 Å². The average Bonchev–Trinajstić information content (AvgIpc) is 2.56. The van der Waals surface area contributed by atoms with Crippen molar-refractivity contribution in [2.24, 2.45) is 11.3 Å². The highest BCUT2D eigenvalue weighted by atomic mass is 16.6. The van der Waals surface area contributed by atoms with E-state index in [2.05, 4.69) is 0 Å². The number of benzene rings is 1. The lowest BCUT2D eigenvalue weighted by molar-refractivity contribution is -0.175. The molecule has 3 N–H and O–H groups in total. The van der Waals surface area contributed by atoms with E-state index in [0.717, 1.165) is 5.56 Å². The van der Waals surface area contributed by atoms with Crippen LogP contribution in [0.5, 0.6) is 0 Å². The van der Waals surface area contributed by atoms with Crippen molar-refractivity contribution < 1.29 is 29.0 Å². The summed E-state index contributed by atoms with van der Waals surface area (Å²) in [4.78, 5) is 36.5. The Morgan fingerprint density at radius 3 is 2.15 bits per heavy atom. The number of esters is 1. The van der Waals surface area contributed by atoms with E-state index in [-0.39, 0.29) is 13.2 Å². The van der Waals surface area contributed by atoms with Gasteiger partial charge in [0.25, 0.3) is 5.91 Å². The lowest BCUT2D eigenvalue weighted by atomic mass is 9.91. The fraction of sp³-hybridized carbons (Fsp3) is 0.526. The van der Waals surface area contributed by atoms with Crippen LogP contribution in [0.2, 0.25) is 0 Å². The van der Waals surface area contributed by atoms with E-state index in [0.29, 0.717) is 5.01 Å². The third-order valence-electron chi connectivity index (χ3n) is 3.69. The maximum absolute atomic E-state index is 12.7. The molecule has 1 unspecified atom stereocenters. The van der Waals surface area contributed by atoms with E-state index in [1.165, 1.54) is 13.8 Å². The number of aliphatic carboxylic acids is 1. The van der Waals surface area contributed by atoms with Gasteiger partial charge in [0.15, 0.2) is 6.04 Å². The van der Waals surface area contributed by atoms with Crippen molar-refractivity contribution in [2.45, 2.75) is 52.9 Å². The third-order valence-corrected chi connectivity index (χ3v) is 3.69. The molecule has 0 spiro atoms. The van der Waals surface area contributed by atoms with Crippen molar-refractivity contribution in [3.8, 4) is 0 Å². The molecule has 0 fully saturated rings. The fourth-order valence-electron chi connectivity index (χ4n) is 2.09. The number of carbonyl (C=O) groups is 3. The topological polar surface area (TPSA) is 119 Å². The average molecular weight is 380 g/mol. The molecule has 27 heavy (non-hydrogen) atoms. The lowest BCUT2D eigenvalue weighted by Gasteiger charge is -2.32. The first-order valence-corrected chi connectivity index (χ1v) is 8.52. The number of hydrazine groups is 1. The first kappa shape index (κ1) is 22.6. The smallest absolute Gasteiger partial charge is 0.330 e. The normalized spacial score (nSPS) is 13.0. The van der Waals surface area contributed by atoms with Crippen molar-refractivity contribution in [3.05, 3.63) is 35.9 Å². The number of rotatable bonds is 8. The van der Waals surface area contributed by atoms with Gasteiger partial charge in [-0.2, -0.15) is 0 Å². The Balaban J connectivity index is 2.80. The molecule has 150 valence electrons. The van der Waals surface area contributed by atoms with Crippen molar-refractivity contribution in [1.82, 2.24) is 5.01 Å². The number of hydrogen-bond acceptors (Lipinski definition) is 6. The molecule has 0 aliphatic rings. The van der Waals surface area contributed by atoms with Crippen molar-refractivity contribution in [2.75, 3.05) is 6.61 Å². The maximum Gasteiger partial charge on any atom is 0.330 e. The number of ether oxygens (including phenoxy) is 2. The van der Waals surface area contributed by atoms with Gasteiger partial charge in [-0.25, -0.2) is 10.6 Å². The van der Waals surface area contributed by atoms with Crippen LogP contribution in [0.3, 0.4) is 0 Å². The first-order chi connectivity index (χ1) is 12.4. The predicted molar refractivity (Wildman–Crippen MR) is 98.2 cm³/mol.